The minimum atomic E-state index is -3.67. The Morgan fingerprint density at radius 1 is 1.29 bits per heavy atom. The SMILES string of the molecule is CN(c1ccc(F)cc1)S(=O)(=O)c1cnc[nH]1. The van der Waals surface area contributed by atoms with Gasteiger partial charge in [-0.3, -0.25) is 4.31 Å². The molecular weight excluding hydrogens is 245 g/mol. The van der Waals surface area contributed by atoms with E-state index in [-0.39, 0.29) is 5.03 Å². The van der Waals surface area contributed by atoms with Crippen molar-refractivity contribution in [1.82, 2.24) is 9.97 Å². The number of hydrogen-bond acceptors (Lipinski definition) is 3. The van der Waals surface area contributed by atoms with Gasteiger partial charge in [-0.25, -0.2) is 9.37 Å². The molecule has 0 fully saturated rings. The minimum absolute atomic E-state index is 0.00988. The molecule has 0 saturated heterocycles. The number of imidazole rings is 1. The Hall–Kier alpha value is -1.89. The Kier molecular flexibility index (Phi) is 2.84. The molecule has 0 radical (unpaired) electrons. The van der Waals surface area contributed by atoms with Crippen LogP contribution >= 0.6 is 0 Å². The number of aromatic amines is 1. The smallest absolute Gasteiger partial charge is 0.281 e. The first-order chi connectivity index (χ1) is 8.01. The van der Waals surface area contributed by atoms with Gasteiger partial charge >= 0.3 is 0 Å². The molecule has 0 aliphatic rings. The van der Waals surface area contributed by atoms with E-state index in [0.717, 1.165) is 4.31 Å². The van der Waals surface area contributed by atoms with Crippen LogP contribution in [-0.4, -0.2) is 25.4 Å². The lowest BCUT2D eigenvalue weighted by molar-refractivity contribution is 0.591. The third kappa shape index (κ3) is 2.14. The molecule has 5 nitrogen and oxygen atoms in total. The topological polar surface area (TPSA) is 66.1 Å². The highest BCUT2D eigenvalue weighted by molar-refractivity contribution is 7.92. The maximum absolute atomic E-state index is 12.7. The lowest BCUT2D eigenvalue weighted by atomic mass is 10.3. The standard InChI is InChI=1S/C10H10FN3O2S/c1-14(9-4-2-8(11)3-5-9)17(15,16)10-6-12-7-13-10/h2-7H,1H3,(H,12,13). The van der Waals surface area contributed by atoms with Crippen LogP contribution in [0.4, 0.5) is 10.1 Å². The number of nitrogens with one attached hydrogen (secondary N) is 1. The highest BCUT2D eigenvalue weighted by atomic mass is 32.2. The summed E-state index contributed by atoms with van der Waals surface area (Å²) in [5, 5.41) is -0.00988. The van der Waals surface area contributed by atoms with Crippen LogP contribution < -0.4 is 4.31 Å². The summed E-state index contributed by atoms with van der Waals surface area (Å²) >= 11 is 0. The highest BCUT2D eigenvalue weighted by Crippen LogP contribution is 2.20. The number of anilines is 1. The molecule has 1 heterocycles. The average molecular weight is 255 g/mol. The predicted octanol–water partition coefficient (Wildman–Crippen LogP) is 1.37. The van der Waals surface area contributed by atoms with Gasteiger partial charge in [0.1, 0.15) is 5.82 Å². The van der Waals surface area contributed by atoms with E-state index >= 15 is 0 Å². The van der Waals surface area contributed by atoms with Crippen molar-refractivity contribution in [1.29, 1.82) is 0 Å². The van der Waals surface area contributed by atoms with Gasteiger partial charge < -0.3 is 4.98 Å². The molecule has 0 atom stereocenters. The van der Waals surface area contributed by atoms with Crippen LogP contribution in [0.1, 0.15) is 0 Å². The molecule has 2 aromatic rings. The Morgan fingerprint density at radius 3 is 2.47 bits per heavy atom. The van der Waals surface area contributed by atoms with E-state index in [2.05, 4.69) is 9.97 Å². The van der Waals surface area contributed by atoms with Crippen LogP contribution in [0.2, 0.25) is 0 Å². The highest BCUT2D eigenvalue weighted by Gasteiger charge is 2.22. The summed E-state index contributed by atoms with van der Waals surface area (Å²) in [5.41, 5.74) is 0.376. The van der Waals surface area contributed by atoms with Crippen molar-refractivity contribution < 1.29 is 12.8 Å². The maximum Gasteiger partial charge on any atom is 0.281 e. The van der Waals surface area contributed by atoms with E-state index in [0.29, 0.717) is 5.69 Å². The van der Waals surface area contributed by atoms with Gasteiger partial charge in [-0.15, -0.1) is 0 Å². The van der Waals surface area contributed by atoms with Gasteiger partial charge in [-0.2, -0.15) is 8.42 Å². The minimum Gasteiger partial charge on any atom is -0.334 e. The summed E-state index contributed by atoms with van der Waals surface area (Å²) in [6.45, 7) is 0. The Morgan fingerprint density at radius 2 is 1.94 bits per heavy atom. The summed E-state index contributed by atoms with van der Waals surface area (Å²) < 4.78 is 37.9. The number of halogens is 1. The zero-order valence-corrected chi connectivity index (χ0v) is 9.78. The summed E-state index contributed by atoms with van der Waals surface area (Å²) in [5.74, 6) is -0.416. The third-order valence-electron chi connectivity index (χ3n) is 2.30. The molecule has 17 heavy (non-hydrogen) atoms. The van der Waals surface area contributed by atoms with Crippen molar-refractivity contribution in [3.05, 3.63) is 42.6 Å². The second-order valence-electron chi connectivity index (χ2n) is 3.36. The van der Waals surface area contributed by atoms with Crippen LogP contribution in [0.25, 0.3) is 0 Å². The molecule has 0 aliphatic heterocycles. The molecule has 0 unspecified atom stereocenters. The quantitative estimate of drug-likeness (QED) is 0.900. The molecular formula is C10H10FN3O2S. The Bertz CT molecular complexity index is 593. The van der Waals surface area contributed by atoms with Crippen molar-refractivity contribution in [3.8, 4) is 0 Å². The molecule has 0 amide bonds. The fourth-order valence-corrected chi connectivity index (χ4v) is 2.41. The first-order valence-electron chi connectivity index (χ1n) is 4.74. The van der Waals surface area contributed by atoms with E-state index < -0.39 is 15.8 Å². The molecule has 2 rings (SSSR count). The van der Waals surface area contributed by atoms with Crippen LogP contribution in [0, 0.1) is 5.82 Å². The molecule has 7 heteroatoms. The fraction of sp³-hybridized carbons (Fsp3) is 0.100. The van der Waals surface area contributed by atoms with Gasteiger partial charge in [0.15, 0.2) is 5.03 Å². The predicted molar refractivity (Wildman–Crippen MR) is 60.6 cm³/mol. The zero-order valence-electron chi connectivity index (χ0n) is 8.96. The van der Waals surface area contributed by atoms with Crippen LogP contribution in [-0.2, 0) is 10.0 Å². The summed E-state index contributed by atoms with van der Waals surface area (Å²) in [6.07, 6.45) is 2.50. The number of aromatic nitrogens is 2. The van der Waals surface area contributed by atoms with Crippen molar-refractivity contribution in [2.75, 3.05) is 11.4 Å². The van der Waals surface area contributed by atoms with Gasteiger partial charge in [-0.1, -0.05) is 0 Å². The molecule has 1 aromatic carbocycles. The zero-order chi connectivity index (χ0) is 12.5. The largest absolute Gasteiger partial charge is 0.334 e. The number of sulfonamides is 1. The normalized spacial score (nSPS) is 11.4. The lowest BCUT2D eigenvalue weighted by Gasteiger charge is -2.17. The first-order valence-corrected chi connectivity index (χ1v) is 6.19. The number of H-pyrrole nitrogens is 1. The second-order valence-corrected chi connectivity index (χ2v) is 5.30. The molecule has 90 valence electrons. The Balaban J connectivity index is 2.38. The monoisotopic (exact) mass is 255 g/mol. The average Bonchev–Trinajstić information content (AvgIpc) is 2.83. The van der Waals surface area contributed by atoms with Gasteiger partial charge in [0, 0.05) is 7.05 Å². The molecule has 0 saturated carbocycles. The molecule has 0 aliphatic carbocycles. The molecule has 1 N–H and O–H groups in total. The number of benzene rings is 1. The van der Waals surface area contributed by atoms with Crippen molar-refractivity contribution in [2.45, 2.75) is 5.03 Å². The lowest BCUT2D eigenvalue weighted by Crippen LogP contribution is -2.26. The van der Waals surface area contributed by atoms with Gasteiger partial charge in [0.05, 0.1) is 18.2 Å². The maximum atomic E-state index is 12.7. The fourth-order valence-electron chi connectivity index (χ4n) is 1.32. The molecule has 1 aromatic heterocycles. The second kappa shape index (κ2) is 4.17. The molecule has 0 spiro atoms. The van der Waals surface area contributed by atoms with Gasteiger partial charge in [-0.05, 0) is 24.3 Å². The summed E-state index contributed by atoms with van der Waals surface area (Å²) in [7, 11) is -2.28. The van der Waals surface area contributed by atoms with Crippen LogP contribution in [0.3, 0.4) is 0 Å². The van der Waals surface area contributed by atoms with Crippen LogP contribution in [0.15, 0.2) is 41.8 Å². The number of rotatable bonds is 3. The van der Waals surface area contributed by atoms with E-state index in [9.17, 15) is 12.8 Å². The number of hydrogen-bond donors (Lipinski definition) is 1. The van der Waals surface area contributed by atoms with Crippen molar-refractivity contribution in [3.63, 3.8) is 0 Å². The van der Waals surface area contributed by atoms with Gasteiger partial charge in [0.25, 0.3) is 10.0 Å². The van der Waals surface area contributed by atoms with E-state index in [1.165, 1.54) is 43.8 Å². The van der Waals surface area contributed by atoms with Crippen LogP contribution in [0.5, 0.6) is 0 Å². The first kappa shape index (κ1) is 11.6. The van der Waals surface area contributed by atoms with E-state index in [1.807, 2.05) is 0 Å². The number of nitrogens with zero attached hydrogens (tertiary/aromatic N) is 2. The van der Waals surface area contributed by atoms with E-state index in [1.54, 1.807) is 0 Å². The Labute approximate surface area is 98.0 Å². The van der Waals surface area contributed by atoms with Crippen molar-refractivity contribution in [2.24, 2.45) is 0 Å². The van der Waals surface area contributed by atoms with Crippen molar-refractivity contribution >= 4 is 15.7 Å². The molecule has 0 bridgehead atoms. The summed E-state index contributed by atoms with van der Waals surface area (Å²) in [4.78, 5) is 6.18. The van der Waals surface area contributed by atoms with E-state index in [4.69, 9.17) is 0 Å². The third-order valence-corrected chi connectivity index (χ3v) is 4.01. The van der Waals surface area contributed by atoms with Gasteiger partial charge in [0.2, 0.25) is 0 Å². The summed E-state index contributed by atoms with van der Waals surface area (Å²) in [6, 6.07) is 5.19.